The van der Waals surface area contributed by atoms with Crippen molar-refractivity contribution >= 4 is 28.5 Å². The van der Waals surface area contributed by atoms with Crippen LogP contribution < -0.4 is 14.9 Å². The molecule has 3 aromatic carbocycles. The zero-order chi connectivity index (χ0) is 27.7. The van der Waals surface area contributed by atoms with Crippen LogP contribution in [0, 0.1) is 0 Å². The van der Waals surface area contributed by atoms with Crippen molar-refractivity contribution in [3.8, 4) is 17.2 Å². The van der Waals surface area contributed by atoms with E-state index in [1.54, 1.807) is 6.07 Å². The van der Waals surface area contributed by atoms with E-state index < -0.39 is 29.1 Å². The summed E-state index contributed by atoms with van der Waals surface area (Å²) in [6, 6.07) is 15.4. The molecule has 0 atom stereocenters. The number of benzene rings is 3. The molecule has 0 amide bonds. The van der Waals surface area contributed by atoms with E-state index in [-0.39, 0.29) is 35.6 Å². The minimum atomic E-state index is -5.03. The number of ether oxygens (including phenoxy) is 3. The minimum Gasteiger partial charge on any atom is -0.478 e. The van der Waals surface area contributed by atoms with Gasteiger partial charge in [0.05, 0.1) is 23.6 Å². The lowest BCUT2D eigenvalue weighted by atomic mass is 10.1. The number of carbonyl (C=O) groups is 1. The molecule has 5 rings (SSSR count). The van der Waals surface area contributed by atoms with E-state index in [4.69, 9.17) is 25.5 Å². The molecule has 1 aliphatic rings. The van der Waals surface area contributed by atoms with Crippen LogP contribution in [0.5, 0.6) is 17.2 Å². The van der Waals surface area contributed by atoms with E-state index in [0.717, 1.165) is 5.56 Å². The highest BCUT2D eigenvalue weighted by Gasteiger charge is 2.41. The molecule has 0 N–H and O–H groups in total. The van der Waals surface area contributed by atoms with E-state index in [2.05, 4.69) is 4.74 Å². The van der Waals surface area contributed by atoms with Crippen LogP contribution in [-0.2, 0) is 23.9 Å². The Labute approximate surface area is 225 Å². The van der Waals surface area contributed by atoms with Gasteiger partial charge in [-0.15, -0.1) is 0 Å². The van der Waals surface area contributed by atoms with Gasteiger partial charge in [0.2, 0.25) is 11.2 Å². The van der Waals surface area contributed by atoms with Gasteiger partial charge < -0.3 is 18.6 Å². The molecule has 0 radical (unpaired) electrons. The Bertz CT molecular complexity index is 1600. The normalized spacial score (nSPS) is 13.6. The van der Waals surface area contributed by atoms with E-state index in [1.165, 1.54) is 43.5 Å². The standard InChI is InChI=1S/C28H21ClF3NO6/c1-36-27(35)17-6-8-18(9-7-17)38-25-23(34)19-10-11-22-20(24(19)39-26(25)28(30,31)32)14-33(15-37-22)13-12-16-4-2-3-5-21(16)29/h2-11H,12-15H2,1H3. The van der Waals surface area contributed by atoms with E-state index in [0.29, 0.717) is 29.3 Å². The maximum atomic E-state index is 14.1. The predicted octanol–water partition coefficient (Wildman–Crippen LogP) is 6.44. The highest BCUT2D eigenvalue weighted by molar-refractivity contribution is 6.31. The molecule has 0 bridgehead atoms. The highest BCUT2D eigenvalue weighted by Crippen LogP contribution is 2.41. The fourth-order valence-corrected chi connectivity index (χ4v) is 4.52. The summed E-state index contributed by atoms with van der Waals surface area (Å²) >= 11 is 6.24. The van der Waals surface area contributed by atoms with Gasteiger partial charge in [-0.1, -0.05) is 29.8 Å². The van der Waals surface area contributed by atoms with Crippen LogP contribution in [0.3, 0.4) is 0 Å². The van der Waals surface area contributed by atoms with Crippen molar-refractivity contribution in [2.45, 2.75) is 19.1 Å². The van der Waals surface area contributed by atoms with Gasteiger partial charge in [0.1, 0.15) is 23.8 Å². The molecule has 39 heavy (non-hydrogen) atoms. The van der Waals surface area contributed by atoms with Crippen molar-refractivity contribution in [3.05, 3.63) is 98.4 Å². The molecule has 0 saturated heterocycles. The zero-order valence-electron chi connectivity index (χ0n) is 20.5. The number of methoxy groups -OCH3 is 1. The van der Waals surface area contributed by atoms with Crippen molar-refractivity contribution < 1.29 is 36.6 Å². The lowest BCUT2D eigenvalue weighted by Crippen LogP contribution is -2.34. The number of esters is 1. The smallest absolute Gasteiger partial charge is 0.453 e. The molecular formula is C28H21ClF3NO6. The van der Waals surface area contributed by atoms with Gasteiger partial charge in [-0.3, -0.25) is 9.69 Å². The molecule has 4 aromatic rings. The second kappa shape index (κ2) is 10.6. The lowest BCUT2D eigenvalue weighted by Gasteiger charge is -2.29. The first kappa shape index (κ1) is 26.6. The molecule has 0 spiro atoms. The summed E-state index contributed by atoms with van der Waals surface area (Å²) in [5.41, 5.74) is 0.207. The first-order valence-corrected chi connectivity index (χ1v) is 12.2. The summed E-state index contributed by atoms with van der Waals surface area (Å²) in [6.07, 6.45) is -4.44. The van der Waals surface area contributed by atoms with Gasteiger partial charge in [-0.2, -0.15) is 13.2 Å². The van der Waals surface area contributed by atoms with Gasteiger partial charge in [-0.25, -0.2) is 4.79 Å². The zero-order valence-corrected chi connectivity index (χ0v) is 21.3. The summed E-state index contributed by atoms with van der Waals surface area (Å²) in [7, 11) is 1.20. The number of rotatable bonds is 6. The Morgan fingerprint density at radius 2 is 1.82 bits per heavy atom. The van der Waals surface area contributed by atoms with E-state index in [9.17, 15) is 22.8 Å². The van der Waals surface area contributed by atoms with Gasteiger partial charge in [0.15, 0.2) is 0 Å². The van der Waals surface area contributed by atoms with E-state index >= 15 is 0 Å². The summed E-state index contributed by atoms with van der Waals surface area (Å²) in [4.78, 5) is 26.8. The maximum Gasteiger partial charge on any atom is 0.453 e. The Hall–Kier alpha value is -4.02. The summed E-state index contributed by atoms with van der Waals surface area (Å²) in [5, 5.41) is 0.536. The number of alkyl halides is 3. The number of fused-ring (bicyclic) bond motifs is 3. The average molecular weight is 560 g/mol. The molecule has 7 nitrogen and oxygen atoms in total. The molecule has 0 saturated carbocycles. The SMILES string of the molecule is COC(=O)c1ccc(Oc2c(C(F)(F)F)oc3c4c(ccc3c2=O)OCN(CCc2ccccc2Cl)C4)cc1. The number of carbonyl (C=O) groups excluding carboxylic acids is 1. The summed E-state index contributed by atoms with van der Waals surface area (Å²) in [6.45, 7) is 0.924. The average Bonchev–Trinajstić information content (AvgIpc) is 2.93. The molecule has 202 valence electrons. The highest BCUT2D eigenvalue weighted by atomic mass is 35.5. The first-order chi connectivity index (χ1) is 18.7. The fourth-order valence-electron chi connectivity index (χ4n) is 4.29. The van der Waals surface area contributed by atoms with Crippen molar-refractivity contribution in [3.63, 3.8) is 0 Å². The maximum absolute atomic E-state index is 14.1. The second-order valence-corrected chi connectivity index (χ2v) is 9.20. The van der Waals surface area contributed by atoms with Gasteiger partial charge in [-0.05, 0) is 54.4 Å². The topological polar surface area (TPSA) is 78.2 Å². The molecule has 11 heteroatoms. The molecule has 0 unspecified atom stereocenters. The van der Waals surface area contributed by atoms with Crippen LogP contribution in [0.15, 0.2) is 69.9 Å². The fraction of sp³-hybridized carbons (Fsp3) is 0.214. The number of hydrogen-bond acceptors (Lipinski definition) is 7. The lowest BCUT2D eigenvalue weighted by molar-refractivity contribution is -0.154. The van der Waals surface area contributed by atoms with Crippen LogP contribution in [-0.4, -0.2) is 31.3 Å². The van der Waals surface area contributed by atoms with Crippen molar-refractivity contribution in [1.82, 2.24) is 4.90 Å². The van der Waals surface area contributed by atoms with Crippen molar-refractivity contribution in [1.29, 1.82) is 0 Å². The summed E-state index contributed by atoms with van der Waals surface area (Å²) in [5.74, 6) is -2.96. The van der Waals surface area contributed by atoms with Crippen LogP contribution in [0.2, 0.25) is 5.02 Å². The van der Waals surface area contributed by atoms with Crippen molar-refractivity contribution in [2.24, 2.45) is 0 Å². The van der Waals surface area contributed by atoms with Crippen molar-refractivity contribution in [2.75, 3.05) is 20.4 Å². The number of nitrogens with zero attached hydrogens (tertiary/aromatic N) is 1. The van der Waals surface area contributed by atoms with Crippen LogP contribution in [0.1, 0.15) is 27.2 Å². The molecule has 1 aromatic heterocycles. The van der Waals surface area contributed by atoms with Gasteiger partial charge in [0.25, 0.3) is 5.76 Å². The third-order valence-corrected chi connectivity index (χ3v) is 6.64. The van der Waals surface area contributed by atoms with Crippen LogP contribution in [0.4, 0.5) is 13.2 Å². The monoisotopic (exact) mass is 559 g/mol. The summed E-state index contributed by atoms with van der Waals surface area (Å²) < 4.78 is 63.4. The Kier molecular flexibility index (Phi) is 7.24. The van der Waals surface area contributed by atoms with Gasteiger partial charge >= 0.3 is 12.1 Å². The quantitative estimate of drug-likeness (QED) is 0.252. The van der Waals surface area contributed by atoms with Gasteiger partial charge in [0, 0.05) is 18.1 Å². The number of halogens is 4. The molecular weight excluding hydrogens is 539 g/mol. The Balaban J connectivity index is 1.50. The first-order valence-electron chi connectivity index (χ1n) is 11.8. The third kappa shape index (κ3) is 5.43. The molecule has 0 fully saturated rings. The Morgan fingerprint density at radius 1 is 1.08 bits per heavy atom. The second-order valence-electron chi connectivity index (χ2n) is 8.79. The molecule has 0 aliphatic carbocycles. The minimum absolute atomic E-state index is 0.0838. The number of hydrogen-bond donors (Lipinski definition) is 0. The molecule has 1 aliphatic heterocycles. The molecule has 2 heterocycles. The van der Waals surface area contributed by atoms with E-state index in [1.807, 2.05) is 23.1 Å². The Morgan fingerprint density at radius 3 is 2.51 bits per heavy atom. The predicted molar refractivity (Wildman–Crippen MR) is 136 cm³/mol. The largest absolute Gasteiger partial charge is 0.478 e. The van der Waals surface area contributed by atoms with Crippen LogP contribution in [0.25, 0.3) is 11.0 Å². The third-order valence-electron chi connectivity index (χ3n) is 6.27. The van der Waals surface area contributed by atoms with Crippen LogP contribution >= 0.6 is 11.6 Å².